The van der Waals surface area contributed by atoms with Gasteiger partial charge in [-0.15, -0.1) is 12.4 Å². The summed E-state index contributed by atoms with van der Waals surface area (Å²) < 4.78 is 12.1. The standard InChI is InChI=1S/C5H7FN2.ClH/c6-4-1-5(2-7)8-3-4;/h4-5,8H,1,3H2;1H. The molecule has 1 saturated heterocycles. The van der Waals surface area contributed by atoms with Crippen molar-refractivity contribution in [1.29, 1.82) is 5.26 Å². The molecule has 1 aliphatic rings. The first-order chi connectivity index (χ1) is 3.83. The number of nitrogens with one attached hydrogen (secondary N) is 1. The van der Waals surface area contributed by atoms with Crippen molar-refractivity contribution in [3.05, 3.63) is 0 Å². The maximum atomic E-state index is 12.1. The summed E-state index contributed by atoms with van der Waals surface area (Å²) in [5.74, 6) is 0. The highest BCUT2D eigenvalue weighted by Crippen LogP contribution is 2.07. The van der Waals surface area contributed by atoms with Gasteiger partial charge >= 0.3 is 0 Å². The van der Waals surface area contributed by atoms with E-state index in [4.69, 9.17) is 5.26 Å². The van der Waals surface area contributed by atoms with E-state index >= 15 is 0 Å². The van der Waals surface area contributed by atoms with Gasteiger partial charge in [-0.25, -0.2) is 4.39 Å². The van der Waals surface area contributed by atoms with Gasteiger partial charge in [-0.05, 0) is 0 Å². The highest BCUT2D eigenvalue weighted by Gasteiger charge is 2.22. The van der Waals surface area contributed by atoms with Crippen molar-refractivity contribution >= 4 is 12.4 Å². The number of alkyl halides is 1. The van der Waals surface area contributed by atoms with Crippen LogP contribution in [0.15, 0.2) is 0 Å². The zero-order chi connectivity index (χ0) is 5.98. The lowest BCUT2D eigenvalue weighted by molar-refractivity contribution is 0.359. The van der Waals surface area contributed by atoms with E-state index in [-0.39, 0.29) is 18.4 Å². The molecule has 1 heterocycles. The molecule has 1 aliphatic heterocycles. The van der Waals surface area contributed by atoms with E-state index in [1.807, 2.05) is 6.07 Å². The first kappa shape index (κ1) is 8.67. The van der Waals surface area contributed by atoms with E-state index in [0.29, 0.717) is 13.0 Å². The number of hydrogen-bond acceptors (Lipinski definition) is 2. The molecule has 0 aromatic carbocycles. The van der Waals surface area contributed by atoms with Crippen molar-refractivity contribution in [2.45, 2.75) is 18.6 Å². The van der Waals surface area contributed by atoms with Crippen LogP contribution in [-0.2, 0) is 0 Å². The van der Waals surface area contributed by atoms with Crippen molar-refractivity contribution in [2.75, 3.05) is 6.54 Å². The molecular formula is C5H8ClFN2. The molecule has 0 amide bonds. The molecule has 0 radical (unpaired) electrons. The Morgan fingerprint density at radius 3 is 2.56 bits per heavy atom. The third-order valence-corrected chi connectivity index (χ3v) is 1.23. The number of nitriles is 1. The summed E-state index contributed by atoms with van der Waals surface area (Å²) >= 11 is 0. The topological polar surface area (TPSA) is 35.8 Å². The van der Waals surface area contributed by atoms with Crippen LogP contribution in [0.3, 0.4) is 0 Å². The molecule has 0 saturated carbocycles. The minimum absolute atomic E-state index is 0. The van der Waals surface area contributed by atoms with Gasteiger partial charge in [0.1, 0.15) is 6.17 Å². The van der Waals surface area contributed by atoms with Crippen LogP contribution in [0.25, 0.3) is 0 Å². The normalized spacial score (nSPS) is 32.9. The predicted molar refractivity (Wildman–Crippen MR) is 34.2 cm³/mol. The van der Waals surface area contributed by atoms with Crippen molar-refractivity contribution in [1.82, 2.24) is 5.32 Å². The third-order valence-electron chi connectivity index (χ3n) is 1.23. The molecule has 1 rings (SSSR count). The Kier molecular flexibility index (Phi) is 3.52. The van der Waals surface area contributed by atoms with E-state index in [9.17, 15) is 4.39 Å². The maximum Gasteiger partial charge on any atom is 0.115 e. The summed E-state index contributed by atoms with van der Waals surface area (Å²) in [5, 5.41) is 10.9. The highest BCUT2D eigenvalue weighted by molar-refractivity contribution is 5.85. The minimum atomic E-state index is -0.806. The summed E-state index contributed by atoms with van der Waals surface area (Å²) in [7, 11) is 0. The first-order valence-electron chi connectivity index (χ1n) is 2.60. The zero-order valence-electron chi connectivity index (χ0n) is 4.80. The highest BCUT2D eigenvalue weighted by atomic mass is 35.5. The van der Waals surface area contributed by atoms with E-state index in [2.05, 4.69) is 5.32 Å². The fourth-order valence-electron chi connectivity index (χ4n) is 0.791. The molecule has 0 bridgehead atoms. The molecule has 2 nitrogen and oxygen atoms in total. The second kappa shape index (κ2) is 3.65. The van der Waals surface area contributed by atoms with Crippen LogP contribution in [0.1, 0.15) is 6.42 Å². The summed E-state index contributed by atoms with van der Waals surface area (Å²) in [6.45, 7) is 0.345. The van der Waals surface area contributed by atoms with Crippen LogP contribution < -0.4 is 5.32 Å². The molecule has 9 heavy (non-hydrogen) atoms. The van der Waals surface area contributed by atoms with E-state index < -0.39 is 6.17 Å². The molecule has 0 aliphatic carbocycles. The Labute approximate surface area is 59.5 Å². The molecule has 0 aromatic heterocycles. The molecular weight excluding hydrogens is 143 g/mol. The number of rotatable bonds is 0. The van der Waals surface area contributed by atoms with Gasteiger partial charge in [-0.3, -0.25) is 5.32 Å². The third kappa shape index (κ3) is 2.17. The number of nitrogens with zero attached hydrogens (tertiary/aromatic N) is 1. The maximum absolute atomic E-state index is 12.1. The lowest BCUT2D eigenvalue weighted by Crippen LogP contribution is -2.18. The van der Waals surface area contributed by atoms with Gasteiger partial charge in [0.25, 0.3) is 0 Å². The fourth-order valence-corrected chi connectivity index (χ4v) is 0.791. The predicted octanol–water partition coefficient (Wildman–Crippen LogP) is 0.632. The van der Waals surface area contributed by atoms with Crippen LogP contribution in [0.5, 0.6) is 0 Å². The average Bonchev–Trinajstić information content (AvgIpc) is 2.14. The monoisotopic (exact) mass is 150 g/mol. The number of hydrogen-bond donors (Lipinski definition) is 1. The summed E-state index contributed by atoms with van der Waals surface area (Å²) in [6.07, 6.45) is -0.448. The van der Waals surface area contributed by atoms with Gasteiger partial charge in [0, 0.05) is 13.0 Å². The summed E-state index contributed by atoms with van der Waals surface area (Å²) in [4.78, 5) is 0. The quantitative estimate of drug-likeness (QED) is 0.550. The largest absolute Gasteiger partial charge is 0.299 e. The Morgan fingerprint density at radius 1 is 1.67 bits per heavy atom. The SMILES string of the molecule is Cl.N#CC1CC(F)CN1. The van der Waals surface area contributed by atoms with Gasteiger partial charge in [0.15, 0.2) is 0 Å². The molecule has 0 aromatic rings. The van der Waals surface area contributed by atoms with Crippen LogP contribution in [0.2, 0.25) is 0 Å². The van der Waals surface area contributed by atoms with Gasteiger partial charge in [-0.1, -0.05) is 0 Å². The lowest BCUT2D eigenvalue weighted by atomic mass is 10.2. The van der Waals surface area contributed by atoms with Gasteiger partial charge in [0.2, 0.25) is 0 Å². The van der Waals surface area contributed by atoms with Crippen LogP contribution in [0.4, 0.5) is 4.39 Å². The van der Waals surface area contributed by atoms with Crippen molar-refractivity contribution in [3.8, 4) is 6.07 Å². The van der Waals surface area contributed by atoms with E-state index in [1.54, 1.807) is 0 Å². The Morgan fingerprint density at radius 2 is 2.33 bits per heavy atom. The number of halogens is 2. The van der Waals surface area contributed by atoms with Crippen molar-refractivity contribution < 1.29 is 4.39 Å². The zero-order valence-corrected chi connectivity index (χ0v) is 5.62. The van der Waals surface area contributed by atoms with Crippen LogP contribution in [0, 0.1) is 11.3 Å². The average molecular weight is 151 g/mol. The van der Waals surface area contributed by atoms with E-state index in [0.717, 1.165) is 0 Å². The summed E-state index contributed by atoms with van der Waals surface area (Å²) in [5.41, 5.74) is 0. The van der Waals surface area contributed by atoms with Crippen molar-refractivity contribution in [2.24, 2.45) is 0 Å². The molecule has 2 unspecified atom stereocenters. The van der Waals surface area contributed by atoms with Gasteiger partial charge in [0.05, 0.1) is 12.1 Å². The van der Waals surface area contributed by atoms with E-state index in [1.165, 1.54) is 0 Å². The molecule has 0 spiro atoms. The van der Waals surface area contributed by atoms with Crippen LogP contribution >= 0.6 is 12.4 Å². The van der Waals surface area contributed by atoms with Gasteiger partial charge < -0.3 is 0 Å². The second-order valence-corrected chi connectivity index (χ2v) is 1.92. The summed E-state index contributed by atoms with van der Waals surface area (Å²) in [6, 6.07) is 1.70. The lowest BCUT2D eigenvalue weighted by Gasteiger charge is -1.91. The molecule has 1 N–H and O–H groups in total. The second-order valence-electron chi connectivity index (χ2n) is 1.92. The Hall–Kier alpha value is -0.330. The molecule has 4 heteroatoms. The Balaban J connectivity index is 0.000000640. The van der Waals surface area contributed by atoms with Crippen LogP contribution in [-0.4, -0.2) is 18.8 Å². The first-order valence-corrected chi connectivity index (χ1v) is 2.60. The molecule has 52 valence electrons. The Bertz CT molecular complexity index is 123. The smallest absolute Gasteiger partial charge is 0.115 e. The van der Waals surface area contributed by atoms with Gasteiger partial charge in [-0.2, -0.15) is 5.26 Å². The minimum Gasteiger partial charge on any atom is -0.299 e. The van der Waals surface area contributed by atoms with Crippen molar-refractivity contribution in [3.63, 3.8) is 0 Å². The fraction of sp³-hybridized carbons (Fsp3) is 0.800. The molecule has 2 atom stereocenters. The molecule has 1 fully saturated rings.